The molecule has 2 rings (SSSR count). The molecule has 5 nitrogen and oxygen atoms in total. The number of carbonyl (C=O) groups excluding carboxylic acids is 1. The standard InChI is InChI=1S/C24H31ClN2O3/c1-3-4-5-6-7-8-11-16-30-20-15-14-19(22(25)17-20)18-26-27-24(28)21-12-9-10-13-23(21)29-2/h9-10,12-15,17-18H,3-8,11,16H2,1-2H3,(H,27,28)/b26-18+. The highest BCUT2D eigenvalue weighted by molar-refractivity contribution is 6.33. The van der Waals surface area contributed by atoms with Crippen LogP contribution in [0, 0.1) is 0 Å². The number of hydrogen-bond acceptors (Lipinski definition) is 4. The van der Waals surface area contributed by atoms with Gasteiger partial charge in [-0.15, -0.1) is 0 Å². The van der Waals surface area contributed by atoms with Gasteiger partial charge in [-0.2, -0.15) is 5.10 Å². The molecule has 0 saturated heterocycles. The molecule has 1 amide bonds. The van der Waals surface area contributed by atoms with Crippen LogP contribution in [-0.2, 0) is 0 Å². The number of rotatable bonds is 13. The molecule has 0 unspecified atom stereocenters. The largest absolute Gasteiger partial charge is 0.496 e. The Labute approximate surface area is 184 Å². The molecule has 0 heterocycles. The Bertz CT molecular complexity index is 824. The molecule has 0 bridgehead atoms. The van der Waals surface area contributed by atoms with E-state index in [9.17, 15) is 4.79 Å². The molecule has 30 heavy (non-hydrogen) atoms. The van der Waals surface area contributed by atoms with Crippen molar-refractivity contribution in [1.29, 1.82) is 0 Å². The molecule has 0 aliphatic heterocycles. The molecule has 0 atom stereocenters. The third kappa shape index (κ3) is 8.07. The van der Waals surface area contributed by atoms with E-state index in [-0.39, 0.29) is 5.91 Å². The van der Waals surface area contributed by atoms with Gasteiger partial charge >= 0.3 is 0 Å². The van der Waals surface area contributed by atoms with Crippen LogP contribution in [0.1, 0.15) is 67.8 Å². The van der Waals surface area contributed by atoms with E-state index in [4.69, 9.17) is 21.1 Å². The van der Waals surface area contributed by atoms with Crippen molar-refractivity contribution >= 4 is 23.7 Å². The Morgan fingerprint density at radius 3 is 2.53 bits per heavy atom. The zero-order valence-corrected chi connectivity index (χ0v) is 18.6. The Hall–Kier alpha value is -2.53. The lowest BCUT2D eigenvalue weighted by Crippen LogP contribution is -2.18. The van der Waals surface area contributed by atoms with Crippen molar-refractivity contribution < 1.29 is 14.3 Å². The van der Waals surface area contributed by atoms with Gasteiger partial charge in [0, 0.05) is 5.56 Å². The van der Waals surface area contributed by atoms with E-state index < -0.39 is 0 Å². The summed E-state index contributed by atoms with van der Waals surface area (Å²) in [6.45, 7) is 2.92. The summed E-state index contributed by atoms with van der Waals surface area (Å²) in [5.41, 5.74) is 3.60. The molecule has 0 radical (unpaired) electrons. The topological polar surface area (TPSA) is 59.9 Å². The van der Waals surface area contributed by atoms with Gasteiger partial charge in [0.2, 0.25) is 0 Å². The van der Waals surface area contributed by atoms with Crippen LogP contribution >= 0.6 is 11.6 Å². The zero-order valence-electron chi connectivity index (χ0n) is 17.8. The summed E-state index contributed by atoms with van der Waals surface area (Å²) in [5, 5.41) is 4.51. The first-order valence-corrected chi connectivity index (χ1v) is 10.9. The van der Waals surface area contributed by atoms with Crippen molar-refractivity contribution in [3.8, 4) is 11.5 Å². The Morgan fingerprint density at radius 2 is 1.80 bits per heavy atom. The molecule has 162 valence electrons. The third-order valence-corrected chi connectivity index (χ3v) is 5.04. The smallest absolute Gasteiger partial charge is 0.275 e. The predicted octanol–water partition coefficient (Wildman–Crippen LogP) is 6.24. The van der Waals surface area contributed by atoms with Crippen LogP contribution in [0.25, 0.3) is 0 Å². The van der Waals surface area contributed by atoms with Gasteiger partial charge in [0.15, 0.2) is 0 Å². The number of carbonyl (C=O) groups is 1. The van der Waals surface area contributed by atoms with Crippen molar-refractivity contribution in [2.45, 2.75) is 51.9 Å². The van der Waals surface area contributed by atoms with Crippen molar-refractivity contribution in [1.82, 2.24) is 5.43 Å². The Morgan fingerprint density at radius 1 is 1.07 bits per heavy atom. The van der Waals surface area contributed by atoms with Gasteiger partial charge in [0.25, 0.3) is 5.91 Å². The molecule has 1 N–H and O–H groups in total. The highest BCUT2D eigenvalue weighted by Gasteiger charge is 2.10. The average molecular weight is 431 g/mol. The Balaban J connectivity index is 1.77. The fourth-order valence-electron chi connectivity index (χ4n) is 3.00. The number of nitrogens with one attached hydrogen (secondary N) is 1. The number of amides is 1. The van der Waals surface area contributed by atoms with Crippen LogP contribution in [0.5, 0.6) is 11.5 Å². The van der Waals surface area contributed by atoms with Gasteiger partial charge in [0.1, 0.15) is 11.5 Å². The molecule has 2 aromatic carbocycles. The van der Waals surface area contributed by atoms with E-state index in [0.29, 0.717) is 28.5 Å². The normalized spacial score (nSPS) is 10.9. The van der Waals surface area contributed by atoms with Gasteiger partial charge in [-0.1, -0.05) is 69.2 Å². The first-order valence-electron chi connectivity index (χ1n) is 10.5. The van der Waals surface area contributed by atoms with E-state index in [2.05, 4.69) is 17.5 Å². The van der Waals surface area contributed by atoms with Crippen molar-refractivity contribution in [2.24, 2.45) is 5.10 Å². The van der Waals surface area contributed by atoms with E-state index in [0.717, 1.165) is 12.2 Å². The van der Waals surface area contributed by atoms with E-state index >= 15 is 0 Å². The highest BCUT2D eigenvalue weighted by Crippen LogP contribution is 2.22. The number of benzene rings is 2. The number of hydrogen-bond donors (Lipinski definition) is 1. The first-order chi connectivity index (χ1) is 14.7. The average Bonchev–Trinajstić information content (AvgIpc) is 2.76. The second kappa shape index (κ2) is 13.6. The highest BCUT2D eigenvalue weighted by atomic mass is 35.5. The molecular weight excluding hydrogens is 400 g/mol. The van der Waals surface area contributed by atoms with Crippen LogP contribution in [0.15, 0.2) is 47.6 Å². The summed E-state index contributed by atoms with van der Waals surface area (Å²) < 4.78 is 11.0. The number of nitrogens with zero attached hydrogens (tertiary/aromatic N) is 1. The molecule has 0 aromatic heterocycles. The zero-order chi connectivity index (χ0) is 21.6. The monoisotopic (exact) mass is 430 g/mol. The SMILES string of the molecule is CCCCCCCCCOc1ccc(/C=N/NC(=O)c2ccccc2OC)c(Cl)c1. The van der Waals surface area contributed by atoms with Gasteiger partial charge < -0.3 is 9.47 Å². The summed E-state index contributed by atoms with van der Waals surface area (Å²) in [6.07, 6.45) is 10.2. The number of unbranched alkanes of at least 4 members (excludes halogenated alkanes) is 6. The third-order valence-electron chi connectivity index (χ3n) is 4.71. The number of hydrazone groups is 1. The molecular formula is C24H31ClN2O3. The number of ether oxygens (including phenoxy) is 2. The van der Waals surface area contributed by atoms with Crippen LogP contribution in [-0.4, -0.2) is 25.8 Å². The fourth-order valence-corrected chi connectivity index (χ4v) is 3.22. The van der Waals surface area contributed by atoms with Gasteiger partial charge in [0.05, 0.1) is 30.5 Å². The second-order valence-corrected chi connectivity index (χ2v) is 7.46. The van der Waals surface area contributed by atoms with E-state index in [1.165, 1.54) is 51.8 Å². The maximum atomic E-state index is 12.2. The molecule has 0 fully saturated rings. The lowest BCUT2D eigenvalue weighted by Gasteiger charge is -2.08. The van der Waals surface area contributed by atoms with E-state index in [1.54, 1.807) is 30.3 Å². The number of para-hydroxylation sites is 1. The molecule has 0 aliphatic carbocycles. The van der Waals surface area contributed by atoms with Crippen LogP contribution in [0.3, 0.4) is 0 Å². The second-order valence-electron chi connectivity index (χ2n) is 7.05. The summed E-state index contributed by atoms with van der Waals surface area (Å²) in [7, 11) is 1.52. The predicted molar refractivity (Wildman–Crippen MR) is 123 cm³/mol. The van der Waals surface area contributed by atoms with Crippen LogP contribution in [0.2, 0.25) is 5.02 Å². The minimum atomic E-state index is -0.352. The van der Waals surface area contributed by atoms with E-state index in [1.807, 2.05) is 12.1 Å². The molecule has 0 saturated carbocycles. The van der Waals surface area contributed by atoms with Crippen LogP contribution in [0.4, 0.5) is 0 Å². The molecule has 6 heteroatoms. The first kappa shape index (κ1) is 23.7. The minimum Gasteiger partial charge on any atom is -0.496 e. The van der Waals surface area contributed by atoms with Crippen molar-refractivity contribution in [3.05, 3.63) is 58.6 Å². The summed E-state index contributed by atoms with van der Waals surface area (Å²) in [6, 6.07) is 12.4. The van der Waals surface area contributed by atoms with Gasteiger partial charge in [-0.25, -0.2) is 5.43 Å². The lowest BCUT2D eigenvalue weighted by atomic mass is 10.1. The molecule has 0 spiro atoms. The van der Waals surface area contributed by atoms with Gasteiger partial charge in [-0.3, -0.25) is 4.79 Å². The lowest BCUT2D eigenvalue weighted by molar-refractivity contribution is 0.0952. The van der Waals surface area contributed by atoms with Gasteiger partial charge in [-0.05, 0) is 36.8 Å². The van der Waals surface area contributed by atoms with Crippen LogP contribution < -0.4 is 14.9 Å². The van der Waals surface area contributed by atoms with Crippen molar-refractivity contribution in [3.63, 3.8) is 0 Å². The fraction of sp³-hybridized carbons (Fsp3) is 0.417. The minimum absolute atomic E-state index is 0.352. The molecule has 2 aromatic rings. The summed E-state index contributed by atoms with van der Waals surface area (Å²) >= 11 is 6.32. The maximum Gasteiger partial charge on any atom is 0.275 e. The quantitative estimate of drug-likeness (QED) is 0.232. The summed E-state index contributed by atoms with van der Waals surface area (Å²) in [5.74, 6) is 0.876. The van der Waals surface area contributed by atoms with Crippen molar-refractivity contribution in [2.75, 3.05) is 13.7 Å². The number of methoxy groups -OCH3 is 1. The molecule has 0 aliphatic rings. The summed E-state index contributed by atoms with van der Waals surface area (Å²) in [4.78, 5) is 12.2. The maximum absolute atomic E-state index is 12.2. The number of halogens is 1. The Kier molecular flexibility index (Phi) is 10.8.